The zero-order valence-electron chi connectivity index (χ0n) is 12.4. The monoisotopic (exact) mass is 265 g/mol. The molecule has 0 unspecified atom stereocenters. The Balaban J connectivity index is 3.01. The average molecular weight is 265 g/mol. The first-order valence-electron chi connectivity index (χ1n) is 6.33. The van der Waals surface area contributed by atoms with Gasteiger partial charge in [0.15, 0.2) is 5.78 Å². The Kier molecular flexibility index (Phi) is 4.95. The fraction of sp³-hybridized carbons (Fsp3) is 0.533. The minimum atomic E-state index is -0.350. The SMILES string of the molecule is COc1cc(C(=O)CCC(C)(C)N)c(OC)cc1C. The molecule has 1 aromatic carbocycles. The van der Waals surface area contributed by atoms with E-state index in [1.807, 2.05) is 26.8 Å². The molecule has 0 aliphatic carbocycles. The van der Waals surface area contributed by atoms with Gasteiger partial charge in [0.2, 0.25) is 0 Å². The van der Waals surface area contributed by atoms with Gasteiger partial charge in [-0.25, -0.2) is 0 Å². The summed E-state index contributed by atoms with van der Waals surface area (Å²) in [5.41, 5.74) is 7.04. The molecule has 4 heteroatoms. The lowest BCUT2D eigenvalue weighted by atomic mass is 9.95. The lowest BCUT2D eigenvalue weighted by Gasteiger charge is -2.18. The van der Waals surface area contributed by atoms with E-state index in [2.05, 4.69) is 0 Å². The molecule has 4 nitrogen and oxygen atoms in total. The second-order valence-corrected chi connectivity index (χ2v) is 5.43. The molecule has 0 fully saturated rings. The summed E-state index contributed by atoms with van der Waals surface area (Å²) in [4.78, 5) is 12.3. The number of rotatable bonds is 6. The maximum Gasteiger partial charge on any atom is 0.166 e. The number of ether oxygens (including phenoxy) is 2. The van der Waals surface area contributed by atoms with Crippen LogP contribution in [-0.2, 0) is 0 Å². The summed E-state index contributed by atoms with van der Waals surface area (Å²) in [6.07, 6.45) is 1.03. The van der Waals surface area contributed by atoms with Crippen molar-refractivity contribution in [1.29, 1.82) is 0 Å². The Morgan fingerprint density at radius 2 is 1.79 bits per heavy atom. The minimum Gasteiger partial charge on any atom is -0.496 e. The number of hydrogen-bond donors (Lipinski definition) is 1. The smallest absolute Gasteiger partial charge is 0.166 e. The van der Waals surface area contributed by atoms with Crippen LogP contribution < -0.4 is 15.2 Å². The van der Waals surface area contributed by atoms with Crippen molar-refractivity contribution in [3.05, 3.63) is 23.3 Å². The third-order valence-corrected chi connectivity index (χ3v) is 3.01. The van der Waals surface area contributed by atoms with Gasteiger partial charge in [-0.05, 0) is 44.9 Å². The molecule has 0 saturated carbocycles. The van der Waals surface area contributed by atoms with E-state index in [1.165, 1.54) is 0 Å². The molecule has 0 saturated heterocycles. The Morgan fingerprint density at radius 1 is 1.21 bits per heavy atom. The number of ketones is 1. The lowest BCUT2D eigenvalue weighted by Crippen LogP contribution is -2.32. The number of carbonyl (C=O) groups excluding carboxylic acids is 1. The van der Waals surface area contributed by atoms with E-state index in [9.17, 15) is 4.79 Å². The Morgan fingerprint density at radius 3 is 2.26 bits per heavy atom. The quantitative estimate of drug-likeness (QED) is 0.803. The number of hydrogen-bond acceptors (Lipinski definition) is 4. The van der Waals surface area contributed by atoms with Crippen molar-refractivity contribution in [2.24, 2.45) is 5.73 Å². The number of aryl methyl sites for hydroxylation is 1. The fourth-order valence-corrected chi connectivity index (χ4v) is 1.84. The molecule has 19 heavy (non-hydrogen) atoms. The van der Waals surface area contributed by atoms with Gasteiger partial charge in [-0.2, -0.15) is 0 Å². The topological polar surface area (TPSA) is 61.5 Å². The van der Waals surface area contributed by atoms with Crippen molar-refractivity contribution in [2.45, 2.75) is 39.2 Å². The van der Waals surface area contributed by atoms with Crippen molar-refractivity contribution in [3.63, 3.8) is 0 Å². The van der Waals surface area contributed by atoms with Crippen molar-refractivity contribution in [3.8, 4) is 11.5 Å². The van der Waals surface area contributed by atoms with Crippen LogP contribution in [0.25, 0.3) is 0 Å². The summed E-state index contributed by atoms with van der Waals surface area (Å²) in [6, 6.07) is 3.56. The van der Waals surface area contributed by atoms with Crippen molar-refractivity contribution >= 4 is 5.78 Å². The van der Waals surface area contributed by atoms with Crippen molar-refractivity contribution < 1.29 is 14.3 Å². The van der Waals surface area contributed by atoms with Crippen LogP contribution in [0.2, 0.25) is 0 Å². The maximum atomic E-state index is 12.3. The van der Waals surface area contributed by atoms with Gasteiger partial charge in [-0.3, -0.25) is 4.79 Å². The molecule has 0 spiro atoms. The highest BCUT2D eigenvalue weighted by Crippen LogP contribution is 2.29. The molecule has 0 aliphatic rings. The van der Waals surface area contributed by atoms with Gasteiger partial charge >= 0.3 is 0 Å². The largest absolute Gasteiger partial charge is 0.496 e. The molecule has 0 bridgehead atoms. The zero-order chi connectivity index (χ0) is 14.6. The first kappa shape index (κ1) is 15.5. The molecule has 0 aromatic heterocycles. The molecule has 106 valence electrons. The van der Waals surface area contributed by atoms with E-state index in [1.54, 1.807) is 20.3 Å². The van der Waals surface area contributed by atoms with Crippen LogP contribution in [0.15, 0.2) is 12.1 Å². The maximum absolute atomic E-state index is 12.3. The molecular formula is C15H23NO3. The van der Waals surface area contributed by atoms with Gasteiger partial charge in [0.1, 0.15) is 11.5 Å². The fourth-order valence-electron chi connectivity index (χ4n) is 1.84. The van der Waals surface area contributed by atoms with Crippen LogP contribution in [0.3, 0.4) is 0 Å². The van der Waals surface area contributed by atoms with E-state index in [4.69, 9.17) is 15.2 Å². The number of carbonyl (C=O) groups is 1. The minimum absolute atomic E-state index is 0.0219. The van der Waals surface area contributed by atoms with Gasteiger partial charge in [-0.15, -0.1) is 0 Å². The third-order valence-electron chi connectivity index (χ3n) is 3.01. The Labute approximate surface area is 114 Å². The van der Waals surface area contributed by atoms with E-state index in [0.717, 1.165) is 5.56 Å². The summed E-state index contributed by atoms with van der Waals surface area (Å²) in [5, 5.41) is 0. The molecule has 0 aliphatic heterocycles. The summed E-state index contributed by atoms with van der Waals surface area (Å²) in [5.74, 6) is 1.29. The lowest BCUT2D eigenvalue weighted by molar-refractivity contribution is 0.0969. The predicted molar refractivity (Wildman–Crippen MR) is 76.1 cm³/mol. The first-order chi connectivity index (χ1) is 8.78. The van der Waals surface area contributed by atoms with Gasteiger partial charge in [0.25, 0.3) is 0 Å². The van der Waals surface area contributed by atoms with Gasteiger partial charge < -0.3 is 15.2 Å². The molecular weight excluding hydrogens is 242 g/mol. The normalized spacial score (nSPS) is 11.3. The average Bonchev–Trinajstić information content (AvgIpc) is 2.34. The van der Waals surface area contributed by atoms with Gasteiger partial charge in [0, 0.05) is 12.0 Å². The van der Waals surface area contributed by atoms with Crippen LogP contribution in [0.4, 0.5) is 0 Å². The molecule has 0 radical (unpaired) electrons. The number of benzene rings is 1. The third kappa shape index (κ3) is 4.24. The summed E-state index contributed by atoms with van der Waals surface area (Å²) < 4.78 is 10.5. The Hall–Kier alpha value is -1.55. The van der Waals surface area contributed by atoms with Crippen LogP contribution in [-0.4, -0.2) is 25.5 Å². The highest BCUT2D eigenvalue weighted by atomic mass is 16.5. The molecule has 1 rings (SSSR count). The predicted octanol–water partition coefficient (Wildman–Crippen LogP) is 2.71. The zero-order valence-corrected chi connectivity index (χ0v) is 12.4. The number of nitrogens with two attached hydrogens (primary N) is 1. The number of Topliss-reactive ketones (excluding diaryl/α,β-unsaturated/α-hetero) is 1. The molecule has 0 heterocycles. The van der Waals surface area contributed by atoms with E-state index < -0.39 is 0 Å². The number of methoxy groups -OCH3 is 2. The van der Waals surface area contributed by atoms with Crippen molar-refractivity contribution in [1.82, 2.24) is 0 Å². The van der Waals surface area contributed by atoms with Crippen LogP contribution in [0.1, 0.15) is 42.6 Å². The van der Waals surface area contributed by atoms with E-state index in [0.29, 0.717) is 29.9 Å². The van der Waals surface area contributed by atoms with Crippen LogP contribution in [0, 0.1) is 6.92 Å². The summed E-state index contributed by atoms with van der Waals surface area (Å²) >= 11 is 0. The molecule has 2 N–H and O–H groups in total. The van der Waals surface area contributed by atoms with Gasteiger partial charge in [0.05, 0.1) is 19.8 Å². The molecule has 1 aromatic rings. The molecule has 0 amide bonds. The first-order valence-corrected chi connectivity index (χ1v) is 6.33. The summed E-state index contributed by atoms with van der Waals surface area (Å²) in [6.45, 7) is 5.74. The van der Waals surface area contributed by atoms with Crippen LogP contribution >= 0.6 is 0 Å². The highest BCUT2D eigenvalue weighted by molar-refractivity contribution is 5.99. The van der Waals surface area contributed by atoms with E-state index in [-0.39, 0.29) is 11.3 Å². The standard InChI is InChI=1S/C15H23NO3/c1-10-8-14(19-5)11(9-13(10)18-4)12(17)6-7-15(2,3)16/h8-9H,6-7,16H2,1-5H3. The highest BCUT2D eigenvalue weighted by Gasteiger charge is 2.18. The van der Waals surface area contributed by atoms with Crippen molar-refractivity contribution in [2.75, 3.05) is 14.2 Å². The second-order valence-electron chi connectivity index (χ2n) is 5.43. The van der Waals surface area contributed by atoms with Gasteiger partial charge in [-0.1, -0.05) is 0 Å². The summed E-state index contributed by atoms with van der Waals surface area (Å²) in [7, 11) is 3.15. The Bertz CT molecular complexity index is 461. The second kappa shape index (κ2) is 6.06. The van der Waals surface area contributed by atoms with Crippen LogP contribution in [0.5, 0.6) is 11.5 Å². The molecule has 0 atom stereocenters. The van der Waals surface area contributed by atoms with E-state index >= 15 is 0 Å².